The first-order valence-electron chi connectivity index (χ1n) is 10.0. The summed E-state index contributed by atoms with van der Waals surface area (Å²) in [4.78, 5) is 35.6. The van der Waals surface area contributed by atoms with Crippen molar-refractivity contribution in [1.82, 2.24) is 0 Å². The zero-order chi connectivity index (χ0) is 19.8. The lowest BCUT2D eigenvalue weighted by Crippen LogP contribution is -2.51. The van der Waals surface area contributed by atoms with Crippen LogP contribution < -0.4 is 0 Å². The Bertz CT molecular complexity index is 651. The van der Waals surface area contributed by atoms with Gasteiger partial charge in [-0.1, -0.05) is 27.2 Å². The fourth-order valence-electron chi connectivity index (χ4n) is 4.66. The van der Waals surface area contributed by atoms with Crippen LogP contribution in [0.1, 0.15) is 66.2 Å². The molecule has 0 radical (unpaired) electrons. The van der Waals surface area contributed by atoms with Crippen LogP contribution in [0.4, 0.5) is 0 Å². The molecule has 0 saturated heterocycles. The molecule has 2 aliphatic carbocycles. The molecule has 1 spiro atoms. The lowest BCUT2D eigenvalue weighted by molar-refractivity contribution is -0.186. The average Bonchev–Trinajstić information content (AvgIpc) is 2.87. The minimum Gasteiger partial charge on any atom is -0.446 e. The second-order valence-corrected chi connectivity index (χ2v) is 8.68. The lowest BCUT2D eigenvalue weighted by Gasteiger charge is -2.44. The van der Waals surface area contributed by atoms with Crippen LogP contribution in [0.5, 0.6) is 0 Å². The number of ketones is 1. The third kappa shape index (κ3) is 4.26. The van der Waals surface area contributed by atoms with Crippen LogP contribution in [-0.4, -0.2) is 35.5 Å². The normalized spacial score (nSPS) is 36.7. The highest BCUT2D eigenvalue weighted by Gasteiger charge is 2.52. The van der Waals surface area contributed by atoms with Gasteiger partial charge in [0, 0.05) is 32.3 Å². The minimum absolute atomic E-state index is 0.0337. The Labute approximate surface area is 160 Å². The third-order valence-electron chi connectivity index (χ3n) is 6.17. The van der Waals surface area contributed by atoms with Gasteiger partial charge in [-0.05, 0) is 30.6 Å². The van der Waals surface area contributed by atoms with Gasteiger partial charge in [0.15, 0.2) is 5.60 Å². The molecule has 3 rings (SSSR count). The predicted octanol–water partition coefficient (Wildman–Crippen LogP) is 3.33. The van der Waals surface area contributed by atoms with E-state index in [0.717, 1.165) is 12.8 Å². The molecule has 0 aromatic rings. The molecule has 6 heteroatoms. The van der Waals surface area contributed by atoms with Gasteiger partial charge in [-0.15, -0.1) is 0 Å². The predicted molar refractivity (Wildman–Crippen MR) is 97.5 cm³/mol. The molecule has 0 aromatic heterocycles. The number of ether oxygens (including phenoxy) is 3. The zero-order valence-corrected chi connectivity index (χ0v) is 16.7. The average molecular weight is 378 g/mol. The maximum absolute atomic E-state index is 12.2. The summed E-state index contributed by atoms with van der Waals surface area (Å²) in [5.41, 5.74) is -1.02. The van der Waals surface area contributed by atoms with E-state index in [1.54, 1.807) is 6.08 Å². The van der Waals surface area contributed by atoms with Gasteiger partial charge in [0.25, 0.3) is 0 Å². The van der Waals surface area contributed by atoms with E-state index >= 15 is 0 Å². The molecule has 0 unspecified atom stereocenters. The van der Waals surface area contributed by atoms with E-state index in [1.807, 2.05) is 0 Å². The molecule has 2 saturated carbocycles. The molecule has 6 nitrogen and oxygen atoms in total. The second kappa shape index (κ2) is 7.74. The number of esters is 2. The van der Waals surface area contributed by atoms with Crippen molar-refractivity contribution in [3.8, 4) is 0 Å². The second-order valence-electron chi connectivity index (χ2n) is 8.68. The summed E-state index contributed by atoms with van der Waals surface area (Å²) >= 11 is 0. The number of hydrogen-bond acceptors (Lipinski definition) is 6. The summed E-state index contributed by atoms with van der Waals surface area (Å²) in [5, 5.41) is 0. The van der Waals surface area contributed by atoms with Crippen LogP contribution in [0.25, 0.3) is 0 Å². The lowest BCUT2D eigenvalue weighted by atomic mass is 9.74. The molecule has 0 amide bonds. The molecule has 0 bridgehead atoms. The quantitative estimate of drug-likeness (QED) is 0.698. The fourth-order valence-corrected chi connectivity index (χ4v) is 4.66. The summed E-state index contributed by atoms with van der Waals surface area (Å²) in [6.45, 7) is 7.87. The van der Waals surface area contributed by atoms with Crippen molar-refractivity contribution >= 4 is 17.7 Å². The Morgan fingerprint density at radius 2 is 2.04 bits per heavy atom. The number of hydrogen-bond donors (Lipinski definition) is 0. The molecule has 27 heavy (non-hydrogen) atoms. The highest BCUT2D eigenvalue weighted by molar-refractivity contribution is 5.92. The number of carbonyl (C=O) groups is 3. The monoisotopic (exact) mass is 378 g/mol. The summed E-state index contributed by atoms with van der Waals surface area (Å²) in [7, 11) is 0. The topological polar surface area (TPSA) is 78.9 Å². The van der Waals surface area contributed by atoms with E-state index in [1.165, 1.54) is 13.3 Å². The van der Waals surface area contributed by atoms with Gasteiger partial charge in [-0.2, -0.15) is 0 Å². The number of carbonyl (C=O) groups excluding carboxylic acids is 3. The van der Waals surface area contributed by atoms with Crippen molar-refractivity contribution in [3.63, 3.8) is 0 Å². The van der Waals surface area contributed by atoms with Crippen molar-refractivity contribution < 1.29 is 28.6 Å². The molecule has 0 N–H and O–H groups in total. The summed E-state index contributed by atoms with van der Waals surface area (Å²) in [6, 6.07) is 0. The smallest absolute Gasteiger partial charge is 0.375 e. The van der Waals surface area contributed by atoms with Crippen LogP contribution in [-0.2, 0) is 28.6 Å². The van der Waals surface area contributed by atoms with Crippen LogP contribution in [0, 0.1) is 17.8 Å². The molecular formula is C21H30O6. The van der Waals surface area contributed by atoms with Crippen molar-refractivity contribution in [1.29, 1.82) is 0 Å². The van der Waals surface area contributed by atoms with Gasteiger partial charge in [-0.25, -0.2) is 4.79 Å². The SMILES string of the molecule is CC(=O)OC1=C[C@@]2(CCC(=O)C[C@H]2O[C@@H]2C[C@H](C)CC[C@H]2C(C)C)OC1=O. The van der Waals surface area contributed by atoms with Crippen LogP contribution in [0.3, 0.4) is 0 Å². The van der Waals surface area contributed by atoms with Crippen LogP contribution >= 0.6 is 0 Å². The Morgan fingerprint density at radius 1 is 1.30 bits per heavy atom. The maximum atomic E-state index is 12.2. The molecule has 1 heterocycles. The van der Waals surface area contributed by atoms with Crippen LogP contribution in [0.2, 0.25) is 0 Å². The first-order chi connectivity index (χ1) is 12.7. The fraction of sp³-hybridized carbons (Fsp3) is 0.762. The standard InChI is InChI=1S/C21H30O6/c1-12(2)16-6-5-13(3)9-17(16)26-19-10-15(23)7-8-21(19)11-18(20(24)27-21)25-14(4)22/h11-13,16-17,19H,5-10H2,1-4H3/t13-,16+,17-,19-,21-/m1/s1. The van der Waals surface area contributed by atoms with E-state index in [4.69, 9.17) is 14.2 Å². The first kappa shape index (κ1) is 20.1. The zero-order valence-electron chi connectivity index (χ0n) is 16.7. The molecule has 0 aromatic carbocycles. The summed E-state index contributed by atoms with van der Waals surface area (Å²) in [6.07, 6.45) is 5.19. The molecule has 1 aliphatic heterocycles. The van der Waals surface area contributed by atoms with Crippen molar-refractivity contribution in [2.75, 3.05) is 0 Å². The Morgan fingerprint density at radius 3 is 2.70 bits per heavy atom. The first-order valence-corrected chi connectivity index (χ1v) is 10.0. The molecule has 3 aliphatic rings. The number of rotatable bonds is 4. The Hall–Kier alpha value is -1.69. The van der Waals surface area contributed by atoms with E-state index in [9.17, 15) is 14.4 Å². The van der Waals surface area contributed by atoms with E-state index in [2.05, 4.69) is 20.8 Å². The highest BCUT2D eigenvalue weighted by Crippen LogP contribution is 2.43. The van der Waals surface area contributed by atoms with Gasteiger partial charge in [0.2, 0.25) is 5.76 Å². The Kier molecular flexibility index (Phi) is 5.75. The molecule has 2 fully saturated rings. The molecule has 5 atom stereocenters. The molecular weight excluding hydrogens is 348 g/mol. The van der Waals surface area contributed by atoms with Gasteiger partial charge >= 0.3 is 11.9 Å². The van der Waals surface area contributed by atoms with Gasteiger partial charge < -0.3 is 14.2 Å². The van der Waals surface area contributed by atoms with Crippen molar-refractivity contribution in [2.24, 2.45) is 17.8 Å². The van der Waals surface area contributed by atoms with Crippen LogP contribution in [0.15, 0.2) is 11.8 Å². The van der Waals surface area contributed by atoms with Crippen molar-refractivity contribution in [2.45, 2.75) is 84.0 Å². The van der Waals surface area contributed by atoms with E-state index in [0.29, 0.717) is 30.6 Å². The van der Waals surface area contributed by atoms with Crippen molar-refractivity contribution in [3.05, 3.63) is 11.8 Å². The third-order valence-corrected chi connectivity index (χ3v) is 6.17. The van der Waals surface area contributed by atoms with E-state index in [-0.39, 0.29) is 24.1 Å². The van der Waals surface area contributed by atoms with Gasteiger partial charge in [0.05, 0.1) is 6.10 Å². The molecule has 150 valence electrons. The maximum Gasteiger partial charge on any atom is 0.375 e. The summed E-state index contributed by atoms with van der Waals surface area (Å²) in [5.74, 6) is 0.258. The van der Waals surface area contributed by atoms with E-state index < -0.39 is 23.6 Å². The number of Topliss-reactive ketones (excluding diaryl/α,β-unsaturated/α-hetero) is 1. The Balaban J connectivity index is 1.84. The highest BCUT2D eigenvalue weighted by atomic mass is 16.6. The van der Waals surface area contributed by atoms with Gasteiger partial charge in [0.1, 0.15) is 11.9 Å². The summed E-state index contributed by atoms with van der Waals surface area (Å²) < 4.78 is 17.1. The van der Waals surface area contributed by atoms with Gasteiger partial charge in [-0.3, -0.25) is 9.59 Å². The minimum atomic E-state index is -1.02. The largest absolute Gasteiger partial charge is 0.446 e.